The maximum Gasteiger partial charge on any atom is 0.254 e. The van der Waals surface area contributed by atoms with Crippen molar-refractivity contribution in [1.29, 1.82) is 0 Å². The summed E-state index contributed by atoms with van der Waals surface area (Å²) in [6, 6.07) is 4.08. The lowest BCUT2D eigenvalue weighted by Crippen LogP contribution is -2.33. The standard InChI is InChI=1S/C14H15FN2O/c1-2-7-17(9-10-3-4-10)14(18)11-5-6-13(16)12(15)8-11/h1,5-6,8,10H,3-4,7,9,16H2. The fourth-order valence-electron chi connectivity index (χ4n) is 1.78. The van der Waals surface area contributed by atoms with Crippen molar-refractivity contribution in [2.45, 2.75) is 12.8 Å². The number of rotatable bonds is 4. The molecule has 0 bridgehead atoms. The van der Waals surface area contributed by atoms with Crippen molar-refractivity contribution in [2.75, 3.05) is 18.8 Å². The molecule has 0 radical (unpaired) electrons. The number of nitrogens with two attached hydrogens (primary N) is 1. The number of hydrogen-bond donors (Lipinski definition) is 1. The van der Waals surface area contributed by atoms with Crippen LogP contribution >= 0.6 is 0 Å². The first-order valence-electron chi connectivity index (χ1n) is 5.89. The summed E-state index contributed by atoms with van der Waals surface area (Å²) in [5, 5.41) is 0. The van der Waals surface area contributed by atoms with Crippen molar-refractivity contribution in [3.63, 3.8) is 0 Å². The lowest BCUT2D eigenvalue weighted by atomic mass is 10.1. The van der Waals surface area contributed by atoms with Crippen molar-refractivity contribution in [2.24, 2.45) is 5.92 Å². The Hall–Kier alpha value is -2.02. The highest BCUT2D eigenvalue weighted by Gasteiger charge is 2.27. The number of nitrogens with zero attached hydrogens (tertiary/aromatic N) is 1. The minimum Gasteiger partial charge on any atom is -0.396 e. The van der Waals surface area contributed by atoms with Gasteiger partial charge in [0, 0.05) is 12.1 Å². The van der Waals surface area contributed by atoms with Gasteiger partial charge in [-0.15, -0.1) is 6.42 Å². The molecule has 0 unspecified atom stereocenters. The molecule has 1 aliphatic rings. The molecule has 0 aromatic heterocycles. The van der Waals surface area contributed by atoms with Crippen LogP contribution in [0.4, 0.5) is 10.1 Å². The number of anilines is 1. The van der Waals surface area contributed by atoms with Crippen LogP contribution in [0.2, 0.25) is 0 Å². The van der Waals surface area contributed by atoms with Crippen LogP contribution < -0.4 is 5.73 Å². The van der Waals surface area contributed by atoms with Crippen LogP contribution in [0.25, 0.3) is 0 Å². The molecule has 4 heteroatoms. The number of hydrogen-bond acceptors (Lipinski definition) is 2. The number of amides is 1. The molecule has 0 atom stereocenters. The Morgan fingerprint density at radius 2 is 2.28 bits per heavy atom. The van der Waals surface area contributed by atoms with E-state index in [1.54, 1.807) is 4.90 Å². The number of carbonyl (C=O) groups is 1. The summed E-state index contributed by atoms with van der Waals surface area (Å²) in [6.45, 7) is 0.899. The lowest BCUT2D eigenvalue weighted by Gasteiger charge is -2.20. The van der Waals surface area contributed by atoms with Gasteiger partial charge in [0.05, 0.1) is 12.2 Å². The van der Waals surface area contributed by atoms with E-state index in [9.17, 15) is 9.18 Å². The maximum absolute atomic E-state index is 13.3. The summed E-state index contributed by atoms with van der Waals surface area (Å²) in [5.74, 6) is 2.19. The molecule has 1 amide bonds. The Morgan fingerprint density at radius 3 is 2.83 bits per heavy atom. The van der Waals surface area contributed by atoms with Gasteiger partial charge < -0.3 is 10.6 Å². The second kappa shape index (κ2) is 5.09. The molecule has 1 aliphatic carbocycles. The zero-order chi connectivity index (χ0) is 13.1. The van der Waals surface area contributed by atoms with E-state index in [1.807, 2.05) is 0 Å². The molecule has 18 heavy (non-hydrogen) atoms. The van der Waals surface area contributed by atoms with Crippen LogP contribution in [0.15, 0.2) is 18.2 Å². The summed E-state index contributed by atoms with van der Waals surface area (Å²) in [4.78, 5) is 13.8. The molecule has 3 nitrogen and oxygen atoms in total. The Morgan fingerprint density at radius 1 is 1.56 bits per heavy atom. The predicted molar refractivity (Wildman–Crippen MR) is 68.3 cm³/mol. The van der Waals surface area contributed by atoms with E-state index in [-0.39, 0.29) is 23.7 Å². The van der Waals surface area contributed by atoms with Crippen LogP contribution in [0, 0.1) is 24.1 Å². The van der Waals surface area contributed by atoms with E-state index < -0.39 is 5.82 Å². The SMILES string of the molecule is C#CCN(CC1CC1)C(=O)c1ccc(N)c(F)c1. The van der Waals surface area contributed by atoms with Gasteiger partial charge >= 0.3 is 0 Å². The molecule has 0 saturated heterocycles. The van der Waals surface area contributed by atoms with Crippen molar-refractivity contribution < 1.29 is 9.18 Å². The average Bonchev–Trinajstić information content (AvgIpc) is 3.15. The summed E-state index contributed by atoms with van der Waals surface area (Å²) in [5.41, 5.74) is 5.71. The Labute approximate surface area is 106 Å². The number of nitrogen functional groups attached to an aromatic ring is 1. The molecule has 1 aromatic carbocycles. The van der Waals surface area contributed by atoms with E-state index in [4.69, 9.17) is 12.2 Å². The minimum absolute atomic E-state index is 0.0391. The van der Waals surface area contributed by atoms with Gasteiger partial charge in [0.1, 0.15) is 5.82 Å². The van der Waals surface area contributed by atoms with Crippen LogP contribution in [-0.2, 0) is 0 Å². The van der Waals surface area contributed by atoms with Gasteiger partial charge in [-0.05, 0) is 37.0 Å². The second-order valence-corrected chi connectivity index (χ2v) is 4.57. The number of benzene rings is 1. The highest BCUT2D eigenvalue weighted by atomic mass is 19.1. The van der Waals surface area contributed by atoms with Crippen LogP contribution in [0.3, 0.4) is 0 Å². The molecule has 0 aliphatic heterocycles. The zero-order valence-electron chi connectivity index (χ0n) is 10.0. The van der Waals surface area contributed by atoms with Gasteiger partial charge in [-0.2, -0.15) is 0 Å². The molecule has 1 aromatic rings. The third-order valence-corrected chi connectivity index (χ3v) is 2.99. The number of halogens is 1. The summed E-state index contributed by atoms with van der Waals surface area (Å²) in [7, 11) is 0. The van der Waals surface area contributed by atoms with Crippen molar-refractivity contribution in [3.8, 4) is 12.3 Å². The zero-order valence-corrected chi connectivity index (χ0v) is 10.0. The molecule has 94 valence electrons. The first kappa shape index (κ1) is 12.4. The highest BCUT2D eigenvalue weighted by molar-refractivity contribution is 5.94. The van der Waals surface area contributed by atoms with Crippen molar-refractivity contribution >= 4 is 11.6 Å². The second-order valence-electron chi connectivity index (χ2n) is 4.57. The van der Waals surface area contributed by atoms with E-state index in [1.165, 1.54) is 12.1 Å². The largest absolute Gasteiger partial charge is 0.396 e. The first-order chi connectivity index (χ1) is 8.61. The Bertz CT molecular complexity index is 503. The molecule has 0 spiro atoms. The van der Waals surface area contributed by atoms with Crippen LogP contribution in [0.1, 0.15) is 23.2 Å². The fourth-order valence-corrected chi connectivity index (χ4v) is 1.78. The highest BCUT2D eigenvalue weighted by Crippen LogP contribution is 2.30. The molecule has 2 N–H and O–H groups in total. The van der Waals surface area contributed by atoms with Gasteiger partial charge in [-0.3, -0.25) is 4.79 Å². The van der Waals surface area contributed by atoms with Crippen molar-refractivity contribution in [3.05, 3.63) is 29.6 Å². The average molecular weight is 246 g/mol. The topological polar surface area (TPSA) is 46.3 Å². The molecule has 1 saturated carbocycles. The summed E-state index contributed by atoms with van der Waals surface area (Å²) >= 11 is 0. The normalized spacial score (nSPS) is 14.0. The van der Waals surface area contributed by atoms with E-state index in [2.05, 4.69) is 5.92 Å². The molecule has 2 rings (SSSR count). The van der Waals surface area contributed by atoms with Gasteiger partial charge in [0.25, 0.3) is 5.91 Å². The number of terminal acetylenes is 1. The quantitative estimate of drug-likeness (QED) is 0.651. The molecular formula is C14H15FN2O. The van der Waals surface area contributed by atoms with Gasteiger partial charge in [0.15, 0.2) is 0 Å². The van der Waals surface area contributed by atoms with E-state index >= 15 is 0 Å². The van der Waals surface area contributed by atoms with Crippen LogP contribution in [-0.4, -0.2) is 23.9 Å². The smallest absolute Gasteiger partial charge is 0.254 e. The maximum atomic E-state index is 13.3. The Balaban J connectivity index is 2.15. The summed E-state index contributed by atoms with van der Waals surface area (Å²) < 4.78 is 13.3. The molecular weight excluding hydrogens is 231 g/mol. The lowest BCUT2D eigenvalue weighted by molar-refractivity contribution is 0.0769. The predicted octanol–water partition coefficient (Wildman–Crippen LogP) is 1.89. The Kier molecular flexibility index (Phi) is 3.52. The van der Waals surface area contributed by atoms with Crippen LogP contribution in [0.5, 0.6) is 0 Å². The van der Waals surface area contributed by atoms with Gasteiger partial charge in [0.2, 0.25) is 0 Å². The number of carbonyl (C=O) groups excluding carboxylic acids is 1. The van der Waals surface area contributed by atoms with Gasteiger partial charge in [-0.1, -0.05) is 5.92 Å². The first-order valence-corrected chi connectivity index (χ1v) is 5.89. The van der Waals surface area contributed by atoms with E-state index in [0.29, 0.717) is 12.5 Å². The van der Waals surface area contributed by atoms with Crippen molar-refractivity contribution in [1.82, 2.24) is 4.90 Å². The third kappa shape index (κ3) is 2.80. The third-order valence-electron chi connectivity index (χ3n) is 2.99. The van der Waals surface area contributed by atoms with Gasteiger partial charge in [-0.25, -0.2) is 4.39 Å². The van der Waals surface area contributed by atoms with E-state index in [0.717, 1.165) is 18.9 Å². The monoisotopic (exact) mass is 246 g/mol. The molecule has 0 heterocycles. The molecule has 1 fully saturated rings. The fraction of sp³-hybridized carbons (Fsp3) is 0.357. The minimum atomic E-state index is -0.576. The summed E-state index contributed by atoms with van der Waals surface area (Å²) in [6.07, 6.45) is 7.52.